The van der Waals surface area contributed by atoms with E-state index in [0.29, 0.717) is 12.8 Å². The zero-order chi connectivity index (χ0) is 22.6. The van der Waals surface area contributed by atoms with Crippen molar-refractivity contribution in [3.8, 4) is 0 Å². The molecular formula is C17H34N6O7. The summed E-state index contributed by atoms with van der Waals surface area (Å²) in [7, 11) is 1.51. The molecule has 13 nitrogen and oxygen atoms in total. The predicted molar refractivity (Wildman–Crippen MR) is 105 cm³/mol. The third kappa shape index (κ3) is 5.76. The van der Waals surface area contributed by atoms with E-state index in [4.69, 9.17) is 26.7 Å². The number of carbonyl (C=O) groups excluding carboxylic acids is 2. The smallest absolute Gasteiger partial charge is 0.312 e. The number of hydrogen-bond donors (Lipinski definition) is 9. The van der Waals surface area contributed by atoms with E-state index in [-0.39, 0.29) is 12.1 Å². The van der Waals surface area contributed by atoms with E-state index in [1.807, 2.05) is 0 Å². The highest BCUT2D eigenvalue weighted by Gasteiger charge is 2.51. The molecule has 1 heterocycles. The first kappa shape index (κ1) is 24.7. The van der Waals surface area contributed by atoms with Crippen LogP contribution >= 0.6 is 0 Å². The van der Waals surface area contributed by atoms with Gasteiger partial charge < -0.3 is 57.9 Å². The van der Waals surface area contributed by atoms with Gasteiger partial charge in [-0.2, -0.15) is 0 Å². The fourth-order valence-corrected chi connectivity index (χ4v) is 3.83. The molecule has 1 aliphatic heterocycles. The number of ether oxygens (including phenoxy) is 2. The third-order valence-electron chi connectivity index (χ3n) is 5.55. The van der Waals surface area contributed by atoms with Gasteiger partial charge in [0, 0.05) is 6.04 Å². The van der Waals surface area contributed by atoms with Gasteiger partial charge in [0.1, 0.15) is 18.3 Å². The summed E-state index contributed by atoms with van der Waals surface area (Å²) in [4.78, 5) is 23.0. The number of primary amides is 1. The number of hydrogen-bond acceptors (Lipinski definition) is 10. The van der Waals surface area contributed by atoms with Crippen molar-refractivity contribution in [2.45, 2.75) is 80.7 Å². The molecule has 1 saturated heterocycles. The summed E-state index contributed by atoms with van der Waals surface area (Å²) >= 11 is 0. The molecule has 13 heteroatoms. The van der Waals surface area contributed by atoms with Crippen molar-refractivity contribution < 1.29 is 34.4 Å². The molecule has 12 N–H and O–H groups in total. The second-order valence-electron chi connectivity index (χ2n) is 7.84. The SMILES string of the molecule is CNC1C(O)C(O)C(NC(=O)CNC(N)=O)C(OC2OC(C(C)N)CCC2N)C1O. The molecule has 174 valence electrons. The van der Waals surface area contributed by atoms with Crippen LogP contribution in [0.15, 0.2) is 0 Å². The first-order chi connectivity index (χ1) is 14.1. The van der Waals surface area contributed by atoms with Gasteiger partial charge in [0.05, 0.1) is 36.9 Å². The van der Waals surface area contributed by atoms with Gasteiger partial charge in [-0.05, 0) is 26.8 Å². The van der Waals surface area contributed by atoms with Crippen LogP contribution in [0.2, 0.25) is 0 Å². The second-order valence-corrected chi connectivity index (χ2v) is 7.84. The van der Waals surface area contributed by atoms with Crippen LogP contribution < -0.4 is 33.2 Å². The zero-order valence-electron chi connectivity index (χ0n) is 17.1. The Kier molecular flexibility index (Phi) is 8.75. The number of amides is 3. The third-order valence-corrected chi connectivity index (χ3v) is 5.55. The number of aliphatic hydroxyl groups excluding tert-OH is 3. The predicted octanol–water partition coefficient (Wildman–Crippen LogP) is -4.61. The van der Waals surface area contributed by atoms with Crippen LogP contribution in [0.1, 0.15) is 19.8 Å². The van der Waals surface area contributed by atoms with Crippen LogP contribution in [-0.4, -0.2) is 102 Å². The van der Waals surface area contributed by atoms with Crippen LogP contribution in [0.4, 0.5) is 4.79 Å². The lowest BCUT2D eigenvalue weighted by Crippen LogP contribution is -2.72. The molecule has 1 aliphatic carbocycles. The number of urea groups is 1. The van der Waals surface area contributed by atoms with E-state index in [1.165, 1.54) is 7.05 Å². The Labute approximate surface area is 174 Å². The molecule has 10 atom stereocenters. The van der Waals surface area contributed by atoms with E-state index < -0.39 is 67.3 Å². The second kappa shape index (κ2) is 10.6. The van der Waals surface area contributed by atoms with Crippen molar-refractivity contribution in [1.82, 2.24) is 16.0 Å². The van der Waals surface area contributed by atoms with Gasteiger partial charge in [0.2, 0.25) is 5.91 Å². The molecule has 0 radical (unpaired) electrons. The van der Waals surface area contributed by atoms with Gasteiger partial charge in [0.25, 0.3) is 0 Å². The summed E-state index contributed by atoms with van der Waals surface area (Å²) in [5.74, 6) is -0.698. The van der Waals surface area contributed by atoms with Crippen molar-refractivity contribution in [2.75, 3.05) is 13.6 Å². The Balaban J connectivity index is 2.20. The number of nitrogens with two attached hydrogens (primary N) is 3. The number of carbonyl (C=O) groups is 2. The van der Waals surface area contributed by atoms with E-state index in [9.17, 15) is 24.9 Å². The fraction of sp³-hybridized carbons (Fsp3) is 0.882. The monoisotopic (exact) mass is 434 g/mol. The van der Waals surface area contributed by atoms with Gasteiger partial charge in [-0.1, -0.05) is 0 Å². The molecule has 0 aromatic carbocycles. The Morgan fingerprint density at radius 1 is 1.17 bits per heavy atom. The molecule has 2 fully saturated rings. The summed E-state index contributed by atoms with van der Waals surface area (Å²) in [6.45, 7) is 1.33. The minimum atomic E-state index is -1.49. The molecule has 1 saturated carbocycles. The van der Waals surface area contributed by atoms with Crippen LogP contribution in [-0.2, 0) is 14.3 Å². The quantitative estimate of drug-likeness (QED) is 0.186. The fourth-order valence-electron chi connectivity index (χ4n) is 3.83. The molecule has 0 spiro atoms. The largest absolute Gasteiger partial charge is 0.389 e. The summed E-state index contributed by atoms with van der Waals surface area (Å²) in [5, 5.41) is 39.1. The molecule has 3 amide bonds. The molecule has 0 bridgehead atoms. The average Bonchev–Trinajstić information content (AvgIpc) is 2.68. The first-order valence-electron chi connectivity index (χ1n) is 9.93. The summed E-state index contributed by atoms with van der Waals surface area (Å²) in [5.41, 5.74) is 17.0. The van der Waals surface area contributed by atoms with Crippen LogP contribution in [0, 0.1) is 0 Å². The van der Waals surface area contributed by atoms with Crippen molar-refractivity contribution in [2.24, 2.45) is 17.2 Å². The Bertz CT molecular complexity index is 597. The highest BCUT2D eigenvalue weighted by molar-refractivity contribution is 5.83. The standard InChI is InChI=1S/C17H34N6O7/c1-6(18)8-4-3-7(19)16(29-8)30-15-11(23-9(24)5-22-17(20)28)13(26)12(25)10(21-2)14(15)27/h6-8,10-16,21,25-27H,3-5,18-19H2,1-2H3,(H,23,24)(H3,20,22,28). The number of rotatable bonds is 7. The van der Waals surface area contributed by atoms with E-state index >= 15 is 0 Å². The minimum absolute atomic E-state index is 0.271. The number of likely N-dealkylation sites (N-methyl/N-ethyl adjacent to an activating group) is 1. The Morgan fingerprint density at radius 3 is 2.37 bits per heavy atom. The lowest BCUT2D eigenvalue weighted by Gasteiger charge is -2.48. The van der Waals surface area contributed by atoms with Crippen LogP contribution in [0.3, 0.4) is 0 Å². The van der Waals surface area contributed by atoms with E-state index in [1.54, 1.807) is 6.92 Å². The van der Waals surface area contributed by atoms with Crippen molar-refractivity contribution >= 4 is 11.9 Å². The van der Waals surface area contributed by atoms with Crippen LogP contribution in [0.25, 0.3) is 0 Å². The normalized spacial score (nSPS) is 40.4. The molecular weight excluding hydrogens is 400 g/mol. The lowest BCUT2D eigenvalue weighted by atomic mass is 9.81. The molecule has 2 aliphatic rings. The van der Waals surface area contributed by atoms with Gasteiger partial charge in [-0.3, -0.25) is 4.79 Å². The van der Waals surface area contributed by atoms with E-state index in [2.05, 4.69) is 16.0 Å². The van der Waals surface area contributed by atoms with Gasteiger partial charge in [-0.15, -0.1) is 0 Å². The summed E-state index contributed by atoms with van der Waals surface area (Å²) in [6.07, 6.45) is -5.44. The lowest BCUT2D eigenvalue weighted by molar-refractivity contribution is -0.263. The molecule has 10 unspecified atom stereocenters. The maximum atomic E-state index is 12.2. The zero-order valence-corrected chi connectivity index (χ0v) is 17.1. The van der Waals surface area contributed by atoms with Crippen LogP contribution in [0.5, 0.6) is 0 Å². The topological polar surface area (TPSA) is 227 Å². The van der Waals surface area contributed by atoms with E-state index in [0.717, 1.165) is 0 Å². The van der Waals surface area contributed by atoms with Crippen molar-refractivity contribution in [1.29, 1.82) is 0 Å². The number of nitrogens with one attached hydrogen (secondary N) is 3. The first-order valence-corrected chi connectivity index (χ1v) is 9.93. The summed E-state index contributed by atoms with van der Waals surface area (Å²) in [6, 6.07) is -3.84. The van der Waals surface area contributed by atoms with Gasteiger partial charge in [-0.25, -0.2) is 4.79 Å². The highest BCUT2D eigenvalue weighted by atomic mass is 16.7. The maximum absolute atomic E-state index is 12.2. The van der Waals surface area contributed by atoms with Crippen molar-refractivity contribution in [3.63, 3.8) is 0 Å². The summed E-state index contributed by atoms with van der Waals surface area (Å²) < 4.78 is 11.8. The minimum Gasteiger partial charge on any atom is -0.389 e. The Morgan fingerprint density at radius 2 is 1.80 bits per heavy atom. The molecule has 0 aromatic heterocycles. The highest BCUT2D eigenvalue weighted by Crippen LogP contribution is 2.28. The molecule has 0 aromatic rings. The van der Waals surface area contributed by atoms with Gasteiger partial charge >= 0.3 is 6.03 Å². The Hall–Kier alpha value is -1.58. The average molecular weight is 434 g/mol. The van der Waals surface area contributed by atoms with Gasteiger partial charge in [0.15, 0.2) is 6.29 Å². The maximum Gasteiger partial charge on any atom is 0.312 e. The van der Waals surface area contributed by atoms with Crippen molar-refractivity contribution in [3.05, 3.63) is 0 Å². The number of aliphatic hydroxyl groups is 3. The molecule has 2 rings (SSSR count). The molecule has 30 heavy (non-hydrogen) atoms.